The summed E-state index contributed by atoms with van der Waals surface area (Å²) in [4.78, 5) is 9.83. The van der Waals surface area contributed by atoms with E-state index >= 15 is 0 Å². The third kappa shape index (κ3) is 3.39. The number of hydrogen-bond acceptors (Lipinski definition) is 3. The quantitative estimate of drug-likeness (QED) is 0.808. The Hall–Kier alpha value is -1.09. The van der Waals surface area contributed by atoms with Gasteiger partial charge in [-0.1, -0.05) is 6.07 Å². The molecule has 21 heavy (non-hydrogen) atoms. The molecule has 1 fully saturated rings. The molecule has 1 aromatic heterocycles. The Kier molecular flexibility index (Phi) is 5.26. The summed E-state index contributed by atoms with van der Waals surface area (Å²) in [7, 11) is 0. The van der Waals surface area contributed by atoms with Gasteiger partial charge in [0.15, 0.2) is 0 Å². The zero-order chi connectivity index (χ0) is 15.6. The Morgan fingerprint density at radius 2 is 1.81 bits per heavy atom. The molecule has 0 N–H and O–H groups in total. The normalized spacial score (nSPS) is 20.0. The maximum Gasteiger partial charge on any atom is 0.133 e. The minimum absolute atomic E-state index is 0.465. The van der Waals surface area contributed by atoms with Crippen LogP contribution in [0.5, 0.6) is 0 Å². The van der Waals surface area contributed by atoms with E-state index in [2.05, 4.69) is 63.5 Å². The Bertz CT molecular complexity index is 446. The van der Waals surface area contributed by atoms with E-state index in [1.807, 2.05) is 6.20 Å². The lowest BCUT2D eigenvalue weighted by molar-refractivity contribution is 0.205. The molecule has 1 atom stereocenters. The van der Waals surface area contributed by atoms with Crippen LogP contribution in [0, 0.1) is 0 Å². The molecule has 2 heterocycles. The van der Waals surface area contributed by atoms with E-state index in [4.69, 9.17) is 4.98 Å². The molecule has 1 aromatic rings. The molecular formula is C18H31N3. The van der Waals surface area contributed by atoms with Gasteiger partial charge in [0.2, 0.25) is 0 Å². The van der Waals surface area contributed by atoms with Crippen LogP contribution in [-0.2, 0) is 0 Å². The van der Waals surface area contributed by atoms with Gasteiger partial charge in [-0.2, -0.15) is 0 Å². The highest BCUT2D eigenvalue weighted by molar-refractivity contribution is 5.50. The Morgan fingerprint density at radius 3 is 2.38 bits per heavy atom. The summed E-state index contributed by atoms with van der Waals surface area (Å²) in [6.45, 7) is 14.8. The molecule has 1 aliphatic heterocycles. The van der Waals surface area contributed by atoms with Crippen LogP contribution in [0.1, 0.15) is 66.0 Å². The Balaban J connectivity index is 2.41. The van der Waals surface area contributed by atoms with Crippen LogP contribution >= 0.6 is 0 Å². The Morgan fingerprint density at radius 1 is 1.14 bits per heavy atom. The summed E-state index contributed by atoms with van der Waals surface area (Å²) < 4.78 is 0. The van der Waals surface area contributed by atoms with E-state index in [1.165, 1.54) is 30.8 Å². The molecule has 3 heteroatoms. The van der Waals surface area contributed by atoms with Gasteiger partial charge in [0.05, 0.1) is 0 Å². The number of rotatable bonds is 5. The molecule has 2 rings (SSSR count). The molecule has 0 aliphatic carbocycles. The second-order valence-corrected chi connectivity index (χ2v) is 7.00. The molecular weight excluding hydrogens is 258 g/mol. The fraction of sp³-hybridized carbons (Fsp3) is 0.722. The standard InChI is InChI=1S/C18H31N3/c1-13(2)20-12-8-10-17(20)16-9-7-11-19-18(16)21(14(3)4)15(5)6/h7,9,11,13-15,17H,8,10,12H2,1-6H3/t17-/m1/s1. The zero-order valence-electron chi connectivity index (χ0n) is 14.5. The third-order valence-electron chi connectivity index (χ3n) is 4.49. The van der Waals surface area contributed by atoms with Gasteiger partial charge in [-0.3, -0.25) is 4.90 Å². The van der Waals surface area contributed by atoms with Gasteiger partial charge in [0.25, 0.3) is 0 Å². The lowest BCUT2D eigenvalue weighted by Crippen LogP contribution is -2.39. The van der Waals surface area contributed by atoms with E-state index < -0.39 is 0 Å². The number of aromatic nitrogens is 1. The highest BCUT2D eigenvalue weighted by Gasteiger charge is 2.31. The van der Waals surface area contributed by atoms with Crippen molar-refractivity contribution in [3.63, 3.8) is 0 Å². The van der Waals surface area contributed by atoms with Crippen molar-refractivity contribution < 1.29 is 0 Å². The van der Waals surface area contributed by atoms with Crippen molar-refractivity contribution >= 4 is 5.82 Å². The summed E-state index contributed by atoms with van der Waals surface area (Å²) >= 11 is 0. The lowest BCUT2D eigenvalue weighted by atomic mass is 10.0. The van der Waals surface area contributed by atoms with Gasteiger partial charge < -0.3 is 4.90 Å². The van der Waals surface area contributed by atoms with E-state index in [9.17, 15) is 0 Å². The highest BCUT2D eigenvalue weighted by Crippen LogP contribution is 2.38. The van der Waals surface area contributed by atoms with Crippen molar-refractivity contribution in [2.45, 2.75) is 78.6 Å². The molecule has 0 unspecified atom stereocenters. The van der Waals surface area contributed by atoms with Crippen molar-refractivity contribution in [2.75, 3.05) is 11.4 Å². The molecule has 0 bridgehead atoms. The smallest absolute Gasteiger partial charge is 0.133 e. The summed E-state index contributed by atoms with van der Waals surface area (Å²) in [6, 6.07) is 6.42. The van der Waals surface area contributed by atoms with Gasteiger partial charge >= 0.3 is 0 Å². The predicted octanol–water partition coefficient (Wildman–Crippen LogP) is 4.25. The van der Waals surface area contributed by atoms with E-state index in [-0.39, 0.29) is 0 Å². The summed E-state index contributed by atoms with van der Waals surface area (Å²) in [5, 5.41) is 0. The minimum Gasteiger partial charge on any atom is -0.351 e. The maximum absolute atomic E-state index is 4.76. The van der Waals surface area contributed by atoms with Crippen LogP contribution < -0.4 is 4.90 Å². The fourth-order valence-corrected chi connectivity index (χ4v) is 3.71. The first-order valence-electron chi connectivity index (χ1n) is 8.42. The van der Waals surface area contributed by atoms with Gasteiger partial charge in [-0.05, 0) is 67.0 Å². The Labute approximate surface area is 130 Å². The molecule has 0 radical (unpaired) electrons. The van der Waals surface area contributed by atoms with Crippen LogP contribution in [0.2, 0.25) is 0 Å². The summed E-state index contributed by atoms with van der Waals surface area (Å²) in [5.74, 6) is 1.18. The molecule has 1 saturated heterocycles. The first-order chi connectivity index (χ1) is 9.93. The first-order valence-corrected chi connectivity index (χ1v) is 8.42. The van der Waals surface area contributed by atoms with Crippen LogP contribution in [-0.4, -0.2) is 34.6 Å². The average Bonchev–Trinajstić information content (AvgIpc) is 2.87. The first kappa shape index (κ1) is 16.3. The molecule has 0 spiro atoms. The maximum atomic E-state index is 4.76. The monoisotopic (exact) mass is 289 g/mol. The average molecular weight is 289 g/mol. The largest absolute Gasteiger partial charge is 0.351 e. The van der Waals surface area contributed by atoms with Crippen molar-refractivity contribution in [2.24, 2.45) is 0 Å². The van der Waals surface area contributed by atoms with Crippen molar-refractivity contribution in [1.82, 2.24) is 9.88 Å². The number of hydrogen-bond donors (Lipinski definition) is 0. The van der Waals surface area contributed by atoms with E-state index in [0.717, 1.165) is 0 Å². The highest BCUT2D eigenvalue weighted by atomic mass is 15.2. The number of anilines is 1. The molecule has 118 valence electrons. The number of pyridine rings is 1. The fourth-order valence-electron chi connectivity index (χ4n) is 3.71. The second-order valence-electron chi connectivity index (χ2n) is 7.00. The van der Waals surface area contributed by atoms with Crippen LogP contribution in [0.4, 0.5) is 5.82 Å². The van der Waals surface area contributed by atoms with Crippen molar-refractivity contribution in [1.29, 1.82) is 0 Å². The SMILES string of the molecule is CC(C)N(c1ncccc1[C@H]1CCCN1C(C)C)C(C)C. The summed E-state index contributed by atoms with van der Waals surface area (Å²) in [5.41, 5.74) is 1.41. The van der Waals surface area contributed by atoms with Crippen LogP contribution in [0.3, 0.4) is 0 Å². The zero-order valence-corrected chi connectivity index (χ0v) is 14.5. The van der Waals surface area contributed by atoms with Crippen LogP contribution in [0.25, 0.3) is 0 Å². The molecule has 0 saturated carbocycles. The number of likely N-dealkylation sites (tertiary alicyclic amines) is 1. The van der Waals surface area contributed by atoms with Crippen molar-refractivity contribution in [3.05, 3.63) is 23.9 Å². The van der Waals surface area contributed by atoms with E-state index in [1.54, 1.807) is 0 Å². The molecule has 3 nitrogen and oxygen atoms in total. The summed E-state index contributed by atoms with van der Waals surface area (Å²) in [6.07, 6.45) is 4.48. The third-order valence-corrected chi connectivity index (χ3v) is 4.49. The van der Waals surface area contributed by atoms with Gasteiger partial charge in [-0.25, -0.2) is 4.98 Å². The number of nitrogens with zero attached hydrogens (tertiary/aromatic N) is 3. The molecule has 0 amide bonds. The lowest BCUT2D eigenvalue weighted by Gasteiger charge is -2.36. The molecule has 1 aliphatic rings. The molecule has 0 aromatic carbocycles. The van der Waals surface area contributed by atoms with Crippen LogP contribution in [0.15, 0.2) is 18.3 Å². The predicted molar refractivity (Wildman–Crippen MR) is 90.8 cm³/mol. The van der Waals surface area contributed by atoms with E-state index in [0.29, 0.717) is 24.2 Å². The van der Waals surface area contributed by atoms with Gasteiger partial charge in [0, 0.05) is 35.9 Å². The van der Waals surface area contributed by atoms with Crippen molar-refractivity contribution in [3.8, 4) is 0 Å². The minimum atomic E-state index is 0.465. The topological polar surface area (TPSA) is 19.4 Å². The van der Waals surface area contributed by atoms with Gasteiger partial charge in [-0.15, -0.1) is 0 Å². The van der Waals surface area contributed by atoms with Gasteiger partial charge in [0.1, 0.15) is 5.82 Å². The second kappa shape index (κ2) is 6.78.